The molecule has 2 atom stereocenters. The van der Waals surface area contributed by atoms with E-state index < -0.39 is 11.4 Å². The number of carboxylic acids is 1. The fourth-order valence-corrected chi connectivity index (χ4v) is 3.97. The van der Waals surface area contributed by atoms with Crippen molar-refractivity contribution in [2.24, 2.45) is 11.3 Å². The highest BCUT2D eigenvalue weighted by molar-refractivity contribution is 5.78. The maximum atomic E-state index is 12.5. The third-order valence-electron chi connectivity index (χ3n) is 5.46. The van der Waals surface area contributed by atoms with Gasteiger partial charge in [0, 0.05) is 25.7 Å². The predicted molar refractivity (Wildman–Crippen MR) is 78.0 cm³/mol. The minimum Gasteiger partial charge on any atom is -0.481 e. The molecule has 4 saturated heterocycles. The van der Waals surface area contributed by atoms with Crippen LogP contribution in [-0.4, -0.2) is 65.7 Å². The van der Waals surface area contributed by atoms with E-state index in [0.717, 1.165) is 38.9 Å². The molecule has 2 unspecified atom stereocenters. The predicted octanol–water partition coefficient (Wildman–Crippen LogP) is 0.977. The number of nitrogens with zero attached hydrogens (tertiary/aromatic N) is 2. The molecule has 6 heteroatoms. The van der Waals surface area contributed by atoms with Crippen LogP contribution < -0.4 is 5.32 Å². The number of nitrogens with one attached hydrogen (secondary N) is 1. The zero-order chi connectivity index (χ0) is 15.0. The fourth-order valence-electron chi connectivity index (χ4n) is 3.97. The molecule has 4 aliphatic rings. The quantitative estimate of drug-likeness (QED) is 0.796. The Bertz CT molecular complexity index is 434. The lowest BCUT2D eigenvalue weighted by Gasteiger charge is -2.46. The Kier molecular flexibility index (Phi) is 3.82. The molecular formula is C15H25N3O3. The van der Waals surface area contributed by atoms with Gasteiger partial charge in [0.15, 0.2) is 0 Å². The van der Waals surface area contributed by atoms with E-state index in [4.69, 9.17) is 0 Å². The van der Waals surface area contributed by atoms with Gasteiger partial charge in [0.05, 0.1) is 5.41 Å². The largest absolute Gasteiger partial charge is 0.481 e. The summed E-state index contributed by atoms with van der Waals surface area (Å²) in [6.45, 7) is 5.96. The summed E-state index contributed by atoms with van der Waals surface area (Å²) >= 11 is 0. The van der Waals surface area contributed by atoms with E-state index in [0.29, 0.717) is 25.4 Å². The van der Waals surface area contributed by atoms with Crippen molar-refractivity contribution in [3.63, 3.8) is 0 Å². The Morgan fingerprint density at radius 2 is 1.95 bits per heavy atom. The average Bonchev–Trinajstić information content (AvgIpc) is 2.48. The number of likely N-dealkylation sites (tertiary alicyclic amines) is 1. The first-order valence-electron chi connectivity index (χ1n) is 7.99. The molecule has 4 fully saturated rings. The van der Waals surface area contributed by atoms with Gasteiger partial charge in [0.2, 0.25) is 0 Å². The molecule has 6 nitrogen and oxygen atoms in total. The van der Waals surface area contributed by atoms with E-state index >= 15 is 0 Å². The summed E-state index contributed by atoms with van der Waals surface area (Å²) in [5.41, 5.74) is -0.801. The lowest BCUT2D eigenvalue weighted by atomic mass is 9.82. The van der Waals surface area contributed by atoms with Gasteiger partial charge in [-0.25, -0.2) is 4.79 Å². The molecule has 0 aromatic heterocycles. The highest BCUT2D eigenvalue weighted by Crippen LogP contribution is 2.31. The molecule has 2 amide bonds. The molecule has 2 bridgehead atoms. The van der Waals surface area contributed by atoms with Gasteiger partial charge in [-0.05, 0) is 51.6 Å². The zero-order valence-electron chi connectivity index (χ0n) is 12.7. The first-order chi connectivity index (χ1) is 9.98. The van der Waals surface area contributed by atoms with Crippen LogP contribution in [-0.2, 0) is 4.79 Å². The normalized spacial score (nSPS) is 39.1. The molecule has 0 aromatic rings. The monoisotopic (exact) mass is 295 g/mol. The number of carboxylic acid groups (broad SMARTS) is 1. The Balaban J connectivity index is 1.59. The van der Waals surface area contributed by atoms with Crippen molar-refractivity contribution >= 4 is 12.0 Å². The van der Waals surface area contributed by atoms with Crippen LogP contribution in [0.3, 0.4) is 0 Å². The zero-order valence-corrected chi connectivity index (χ0v) is 12.7. The number of carbonyl (C=O) groups excluding carboxylic acids is 1. The lowest BCUT2D eigenvalue weighted by molar-refractivity contribution is -0.150. The molecule has 4 aliphatic heterocycles. The summed E-state index contributed by atoms with van der Waals surface area (Å²) in [4.78, 5) is 27.9. The van der Waals surface area contributed by atoms with Crippen molar-refractivity contribution in [1.82, 2.24) is 15.1 Å². The first kappa shape index (κ1) is 14.6. The Morgan fingerprint density at radius 3 is 2.52 bits per heavy atom. The second-order valence-electron chi connectivity index (χ2n) is 7.08. The second kappa shape index (κ2) is 5.48. The van der Waals surface area contributed by atoms with E-state index in [9.17, 15) is 14.7 Å². The van der Waals surface area contributed by atoms with Gasteiger partial charge in [0.1, 0.15) is 0 Å². The molecule has 2 N–H and O–H groups in total. The Morgan fingerprint density at radius 1 is 1.24 bits per heavy atom. The van der Waals surface area contributed by atoms with E-state index in [2.05, 4.69) is 10.2 Å². The smallest absolute Gasteiger partial charge is 0.317 e. The molecule has 0 aliphatic carbocycles. The minimum absolute atomic E-state index is 0.0825. The van der Waals surface area contributed by atoms with Gasteiger partial charge >= 0.3 is 12.0 Å². The van der Waals surface area contributed by atoms with Crippen LogP contribution in [0.1, 0.15) is 32.6 Å². The molecule has 0 radical (unpaired) electrons. The number of rotatable bonds is 2. The highest BCUT2D eigenvalue weighted by Gasteiger charge is 2.41. The number of carbonyl (C=O) groups is 2. The van der Waals surface area contributed by atoms with Crippen molar-refractivity contribution in [3.05, 3.63) is 0 Å². The van der Waals surface area contributed by atoms with Crippen molar-refractivity contribution in [2.45, 2.75) is 38.6 Å². The van der Waals surface area contributed by atoms with Crippen molar-refractivity contribution in [3.8, 4) is 0 Å². The van der Waals surface area contributed by atoms with Crippen LogP contribution >= 0.6 is 0 Å². The third-order valence-corrected chi connectivity index (χ3v) is 5.46. The Hall–Kier alpha value is -1.30. The minimum atomic E-state index is -0.803. The number of urea groups is 1. The van der Waals surface area contributed by atoms with Gasteiger partial charge in [-0.2, -0.15) is 0 Å². The van der Waals surface area contributed by atoms with Gasteiger partial charge in [-0.1, -0.05) is 0 Å². The van der Waals surface area contributed by atoms with Crippen LogP contribution in [0.2, 0.25) is 0 Å². The fraction of sp³-hybridized carbons (Fsp3) is 0.867. The summed E-state index contributed by atoms with van der Waals surface area (Å²) in [7, 11) is 0. The maximum absolute atomic E-state index is 12.5. The van der Waals surface area contributed by atoms with Crippen molar-refractivity contribution in [1.29, 1.82) is 0 Å². The topological polar surface area (TPSA) is 72.9 Å². The summed E-state index contributed by atoms with van der Waals surface area (Å²) in [5, 5.41) is 12.5. The average molecular weight is 295 g/mol. The molecule has 21 heavy (non-hydrogen) atoms. The molecule has 118 valence electrons. The van der Waals surface area contributed by atoms with Crippen LogP contribution in [0.4, 0.5) is 4.79 Å². The van der Waals surface area contributed by atoms with Gasteiger partial charge in [-0.3, -0.25) is 4.79 Å². The molecule has 4 rings (SSSR count). The number of hydrogen-bond acceptors (Lipinski definition) is 3. The Labute approximate surface area is 125 Å². The number of amides is 2. The summed E-state index contributed by atoms with van der Waals surface area (Å²) in [6, 6.07) is 0.152. The van der Waals surface area contributed by atoms with E-state index in [-0.39, 0.29) is 12.1 Å². The van der Waals surface area contributed by atoms with E-state index in [1.807, 2.05) is 0 Å². The molecule has 0 aromatic carbocycles. The highest BCUT2D eigenvalue weighted by atomic mass is 16.4. The lowest BCUT2D eigenvalue weighted by Crippen LogP contribution is -2.60. The van der Waals surface area contributed by atoms with Crippen LogP contribution in [0.25, 0.3) is 0 Å². The molecule has 4 heterocycles. The number of piperidine rings is 4. The summed E-state index contributed by atoms with van der Waals surface area (Å²) < 4.78 is 0. The van der Waals surface area contributed by atoms with Crippen molar-refractivity contribution in [2.75, 3.05) is 32.7 Å². The summed E-state index contributed by atoms with van der Waals surface area (Å²) in [6.07, 6.45) is 3.73. The summed E-state index contributed by atoms with van der Waals surface area (Å²) in [5.74, 6) is -0.211. The molecule has 0 saturated carbocycles. The standard InChI is InChI=1S/C15H25N3O3/c1-15(13(19)20)5-2-6-18(10-15)14(21)16-12-9-17-7-3-11(12)4-8-17/h11-12H,2-10H2,1H3,(H,16,21)(H,19,20). The van der Waals surface area contributed by atoms with Crippen LogP contribution in [0.5, 0.6) is 0 Å². The van der Waals surface area contributed by atoms with E-state index in [1.165, 1.54) is 0 Å². The van der Waals surface area contributed by atoms with Gasteiger partial charge in [0.25, 0.3) is 0 Å². The van der Waals surface area contributed by atoms with Gasteiger partial charge < -0.3 is 20.2 Å². The van der Waals surface area contributed by atoms with E-state index in [1.54, 1.807) is 11.8 Å². The number of fused-ring (bicyclic) bond motifs is 3. The molecule has 0 spiro atoms. The number of hydrogen-bond donors (Lipinski definition) is 2. The first-order valence-corrected chi connectivity index (χ1v) is 7.99. The third kappa shape index (κ3) is 2.86. The van der Waals surface area contributed by atoms with Crippen LogP contribution in [0, 0.1) is 11.3 Å². The van der Waals surface area contributed by atoms with Crippen LogP contribution in [0.15, 0.2) is 0 Å². The maximum Gasteiger partial charge on any atom is 0.317 e. The second-order valence-corrected chi connectivity index (χ2v) is 7.08. The molecular weight excluding hydrogens is 270 g/mol. The number of aliphatic carboxylic acids is 1. The van der Waals surface area contributed by atoms with Gasteiger partial charge in [-0.15, -0.1) is 0 Å². The SMILES string of the molecule is CC1(C(=O)O)CCCN(C(=O)NC2CN3CCC2CC3)C1. The van der Waals surface area contributed by atoms with Crippen molar-refractivity contribution < 1.29 is 14.7 Å².